The Balaban J connectivity index is 1.52. The smallest absolute Gasteiger partial charge is 0.221 e. The zero-order chi connectivity index (χ0) is 21.3. The number of hydrogen-bond donors (Lipinski definition) is 3. The summed E-state index contributed by atoms with van der Waals surface area (Å²) in [6, 6.07) is 11.4. The van der Waals surface area contributed by atoms with Crippen molar-refractivity contribution in [2.24, 2.45) is 0 Å². The third-order valence-electron chi connectivity index (χ3n) is 5.61. The summed E-state index contributed by atoms with van der Waals surface area (Å²) in [5.74, 6) is 1.22. The topological polar surface area (TPSA) is 86.8 Å². The number of aliphatic hydroxyl groups excluding tert-OH is 1. The highest BCUT2D eigenvalue weighted by atomic mass is 16.5. The third-order valence-corrected chi connectivity index (χ3v) is 5.61. The van der Waals surface area contributed by atoms with Crippen LogP contribution in [0.2, 0.25) is 0 Å². The number of fused-ring (bicyclic) bond motifs is 3. The number of carbonyl (C=O) groups is 1. The molecular formula is C23H27N3O4. The van der Waals surface area contributed by atoms with Gasteiger partial charge in [0, 0.05) is 49.6 Å². The summed E-state index contributed by atoms with van der Waals surface area (Å²) in [6.45, 7) is 3.57. The molecule has 1 amide bonds. The van der Waals surface area contributed by atoms with E-state index >= 15 is 0 Å². The quantitative estimate of drug-likeness (QED) is 0.582. The summed E-state index contributed by atoms with van der Waals surface area (Å²) >= 11 is 0. The van der Waals surface area contributed by atoms with Gasteiger partial charge in [0.1, 0.15) is 11.5 Å². The van der Waals surface area contributed by atoms with Gasteiger partial charge in [-0.05, 0) is 41.5 Å². The molecule has 0 fully saturated rings. The number of benzene rings is 2. The number of nitrogens with one attached hydrogen (secondary N) is 2. The number of nitrogens with zero attached hydrogens (tertiary/aromatic N) is 1. The fourth-order valence-electron chi connectivity index (χ4n) is 4.10. The van der Waals surface area contributed by atoms with Crippen molar-refractivity contribution in [3.63, 3.8) is 0 Å². The number of ether oxygens (including phenoxy) is 2. The molecule has 1 aliphatic heterocycles. The van der Waals surface area contributed by atoms with Crippen molar-refractivity contribution in [2.45, 2.75) is 26.0 Å². The minimum atomic E-state index is -0.676. The van der Waals surface area contributed by atoms with Gasteiger partial charge in [-0.25, -0.2) is 0 Å². The number of amides is 1. The van der Waals surface area contributed by atoms with Crippen molar-refractivity contribution in [3.8, 4) is 11.5 Å². The summed E-state index contributed by atoms with van der Waals surface area (Å²) in [5.41, 5.74) is 4.92. The lowest BCUT2D eigenvalue weighted by atomic mass is 10.0. The molecular weight excluding hydrogens is 382 g/mol. The predicted molar refractivity (Wildman–Crippen MR) is 116 cm³/mol. The number of methoxy groups -OCH3 is 2. The number of aromatic amines is 1. The molecule has 1 atom stereocenters. The van der Waals surface area contributed by atoms with Gasteiger partial charge in [-0.1, -0.05) is 6.07 Å². The molecule has 0 bridgehead atoms. The molecule has 30 heavy (non-hydrogen) atoms. The van der Waals surface area contributed by atoms with Crippen molar-refractivity contribution >= 4 is 22.5 Å². The molecule has 3 aromatic rings. The number of anilines is 1. The van der Waals surface area contributed by atoms with Crippen LogP contribution < -0.4 is 14.8 Å². The average Bonchev–Trinajstić information content (AvgIpc) is 3.10. The van der Waals surface area contributed by atoms with Gasteiger partial charge in [0.2, 0.25) is 5.91 Å². The van der Waals surface area contributed by atoms with Crippen molar-refractivity contribution in [2.75, 3.05) is 32.6 Å². The highest BCUT2D eigenvalue weighted by Crippen LogP contribution is 2.32. The average molecular weight is 409 g/mol. The fraction of sp³-hybridized carbons (Fsp3) is 0.348. The summed E-state index contributed by atoms with van der Waals surface area (Å²) in [5, 5.41) is 14.8. The highest BCUT2D eigenvalue weighted by molar-refractivity contribution is 5.90. The first-order valence-corrected chi connectivity index (χ1v) is 10.0. The summed E-state index contributed by atoms with van der Waals surface area (Å²) in [4.78, 5) is 17.2. The Morgan fingerprint density at radius 2 is 2.07 bits per heavy atom. The number of H-pyrrole nitrogens is 1. The Morgan fingerprint density at radius 3 is 2.80 bits per heavy atom. The van der Waals surface area contributed by atoms with E-state index in [4.69, 9.17) is 9.47 Å². The van der Waals surface area contributed by atoms with Gasteiger partial charge in [-0.15, -0.1) is 0 Å². The van der Waals surface area contributed by atoms with Crippen molar-refractivity contribution < 1.29 is 19.4 Å². The molecule has 0 saturated carbocycles. The Morgan fingerprint density at radius 1 is 1.23 bits per heavy atom. The number of hydrogen-bond acceptors (Lipinski definition) is 5. The fourth-order valence-corrected chi connectivity index (χ4v) is 4.10. The number of aliphatic hydroxyl groups is 1. The van der Waals surface area contributed by atoms with Crippen LogP contribution in [0.3, 0.4) is 0 Å². The molecule has 3 N–H and O–H groups in total. The zero-order valence-electron chi connectivity index (χ0n) is 17.5. The van der Waals surface area contributed by atoms with Gasteiger partial charge in [-0.2, -0.15) is 0 Å². The second-order valence-corrected chi connectivity index (χ2v) is 7.64. The Bertz CT molecular complexity index is 1080. The maximum absolute atomic E-state index is 11.5. The summed E-state index contributed by atoms with van der Waals surface area (Å²) < 4.78 is 10.7. The molecule has 1 aromatic heterocycles. The lowest BCUT2D eigenvalue weighted by molar-refractivity contribution is -0.114. The van der Waals surface area contributed by atoms with Crippen LogP contribution in [0.25, 0.3) is 10.9 Å². The first kappa shape index (κ1) is 20.3. The lowest BCUT2D eigenvalue weighted by Crippen LogP contribution is -2.33. The Labute approximate surface area is 175 Å². The third kappa shape index (κ3) is 3.99. The second kappa shape index (κ2) is 8.38. The van der Waals surface area contributed by atoms with E-state index in [2.05, 4.69) is 21.3 Å². The van der Waals surface area contributed by atoms with E-state index in [1.165, 1.54) is 23.6 Å². The van der Waals surface area contributed by atoms with Crippen LogP contribution in [0.5, 0.6) is 11.5 Å². The molecule has 4 rings (SSSR count). The zero-order valence-corrected chi connectivity index (χ0v) is 17.5. The van der Waals surface area contributed by atoms with Gasteiger partial charge >= 0.3 is 0 Å². The van der Waals surface area contributed by atoms with Crippen LogP contribution in [0, 0.1) is 0 Å². The van der Waals surface area contributed by atoms with Crippen LogP contribution in [0.15, 0.2) is 36.4 Å². The predicted octanol–water partition coefficient (Wildman–Crippen LogP) is 3.24. The number of β-amino-alcohol motifs (C(OH)–C–C–N with tert-alkyl or cyclic N) is 1. The Hall–Kier alpha value is -3.03. The summed E-state index contributed by atoms with van der Waals surface area (Å²) in [7, 11) is 3.23. The normalized spacial score (nSPS) is 14.9. The van der Waals surface area contributed by atoms with Gasteiger partial charge in [0.25, 0.3) is 0 Å². The van der Waals surface area contributed by atoms with Crippen LogP contribution in [-0.4, -0.2) is 48.2 Å². The van der Waals surface area contributed by atoms with E-state index in [-0.39, 0.29) is 5.91 Å². The molecule has 0 aliphatic carbocycles. The van der Waals surface area contributed by atoms with Crippen molar-refractivity contribution in [1.29, 1.82) is 0 Å². The number of rotatable bonds is 6. The molecule has 2 aromatic carbocycles. The van der Waals surface area contributed by atoms with Crippen LogP contribution in [-0.2, 0) is 17.8 Å². The van der Waals surface area contributed by atoms with Crippen LogP contribution in [0.1, 0.15) is 29.8 Å². The standard InChI is InChI=1S/C23H27N3O4/c1-14(27)24-21-10-15(4-7-23(21)30-3)22(28)13-26-9-8-20-18(12-26)17-11-16(29-2)5-6-19(17)25-20/h4-7,10-11,22,25,28H,8-9,12-13H2,1-3H3,(H,24,27)/t22-/m1/s1. The lowest BCUT2D eigenvalue weighted by Gasteiger charge is -2.29. The largest absolute Gasteiger partial charge is 0.497 e. The van der Waals surface area contributed by atoms with E-state index in [9.17, 15) is 9.90 Å². The molecule has 158 valence electrons. The van der Waals surface area contributed by atoms with E-state index in [0.29, 0.717) is 18.0 Å². The Kier molecular flexibility index (Phi) is 5.65. The van der Waals surface area contributed by atoms with Crippen molar-refractivity contribution in [1.82, 2.24) is 9.88 Å². The van der Waals surface area contributed by atoms with Gasteiger partial charge in [0.15, 0.2) is 0 Å². The molecule has 7 nitrogen and oxygen atoms in total. The molecule has 0 unspecified atom stereocenters. The molecule has 7 heteroatoms. The molecule has 0 saturated heterocycles. The molecule has 2 heterocycles. The minimum Gasteiger partial charge on any atom is -0.497 e. The van der Waals surface area contributed by atoms with E-state index in [1.54, 1.807) is 26.4 Å². The maximum atomic E-state index is 11.5. The number of aromatic nitrogens is 1. The molecule has 0 radical (unpaired) electrons. The monoisotopic (exact) mass is 409 g/mol. The van der Waals surface area contributed by atoms with E-state index < -0.39 is 6.10 Å². The number of carbonyl (C=O) groups excluding carboxylic acids is 1. The van der Waals surface area contributed by atoms with E-state index in [1.807, 2.05) is 18.2 Å². The first-order chi connectivity index (χ1) is 14.5. The SMILES string of the molecule is COc1ccc2[nH]c3c(c2c1)CN(C[C@@H](O)c1ccc(OC)c(NC(C)=O)c1)CC3. The van der Waals surface area contributed by atoms with Crippen LogP contribution in [0.4, 0.5) is 5.69 Å². The van der Waals surface area contributed by atoms with Gasteiger partial charge in [0.05, 0.1) is 26.0 Å². The molecule has 0 spiro atoms. The van der Waals surface area contributed by atoms with Crippen molar-refractivity contribution in [3.05, 3.63) is 53.2 Å². The maximum Gasteiger partial charge on any atom is 0.221 e. The minimum absolute atomic E-state index is 0.182. The van der Waals surface area contributed by atoms with Gasteiger partial charge in [-0.3, -0.25) is 9.69 Å². The first-order valence-electron chi connectivity index (χ1n) is 10.0. The van der Waals surface area contributed by atoms with Gasteiger partial charge < -0.3 is 24.9 Å². The summed E-state index contributed by atoms with van der Waals surface area (Å²) in [6.07, 6.45) is 0.225. The van der Waals surface area contributed by atoms with Crippen LogP contribution >= 0.6 is 0 Å². The highest BCUT2D eigenvalue weighted by Gasteiger charge is 2.23. The second-order valence-electron chi connectivity index (χ2n) is 7.64. The van der Waals surface area contributed by atoms with E-state index in [0.717, 1.165) is 36.3 Å². The molecule has 1 aliphatic rings.